The van der Waals surface area contributed by atoms with E-state index in [4.69, 9.17) is 10.8 Å². The molecular weight excluding hydrogens is 302 g/mol. The summed E-state index contributed by atoms with van der Waals surface area (Å²) in [5.74, 6) is -1.75. The smallest absolute Gasteiger partial charge is 0.326 e. The van der Waals surface area contributed by atoms with Gasteiger partial charge in [0.2, 0.25) is 11.8 Å². The second-order valence-electron chi connectivity index (χ2n) is 4.56. The van der Waals surface area contributed by atoms with Crippen LogP contribution >= 0.6 is 25.3 Å². The first-order valence-electron chi connectivity index (χ1n) is 6.23. The van der Waals surface area contributed by atoms with Crippen molar-refractivity contribution in [3.05, 3.63) is 0 Å². The lowest BCUT2D eigenvalue weighted by Crippen LogP contribution is -2.55. The molecule has 0 aromatic carbocycles. The van der Waals surface area contributed by atoms with Crippen molar-refractivity contribution in [2.24, 2.45) is 5.73 Å². The van der Waals surface area contributed by atoms with E-state index in [0.29, 0.717) is 19.4 Å². The minimum absolute atomic E-state index is 0.0761. The zero-order chi connectivity index (χ0) is 15.3. The van der Waals surface area contributed by atoms with Crippen LogP contribution in [-0.2, 0) is 14.4 Å². The van der Waals surface area contributed by atoms with E-state index in [-0.39, 0.29) is 11.5 Å². The number of nitrogens with one attached hydrogen (secondary N) is 1. The maximum Gasteiger partial charge on any atom is 0.326 e. The summed E-state index contributed by atoms with van der Waals surface area (Å²) in [7, 11) is 0. The molecule has 20 heavy (non-hydrogen) atoms. The van der Waals surface area contributed by atoms with Crippen LogP contribution in [0.3, 0.4) is 0 Å². The van der Waals surface area contributed by atoms with Crippen LogP contribution < -0.4 is 11.1 Å². The van der Waals surface area contributed by atoms with E-state index in [0.717, 1.165) is 0 Å². The molecule has 9 heteroatoms. The van der Waals surface area contributed by atoms with E-state index < -0.39 is 35.9 Å². The molecule has 1 fully saturated rings. The molecular formula is C11H19N3O4S2. The van der Waals surface area contributed by atoms with E-state index in [1.807, 2.05) is 0 Å². The van der Waals surface area contributed by atoms with Crippen LogP contribution in [0.25, 0.3) is 0 Å². The molecule has 0 spiro atoms. The maximum absolute atomic E-state index is 12.3. The van der Waals surface area contributed by atoms with Gasteiger partial charge in [-0.05, 0) is 12.8 Å². The highest BCUT2D eigenvalue weighted by atomic mass is 32.1. The first kappa shape index (κ1) is 17.1. The van der Waals surface area contributed by atoms with Gasteiger partial charge in [-0.15, -0.1) is 0 Å². The Labute approximate surface area is 128 Å². The topological polar surface area (TPSA) is 113 Å². The Hall–Kier alpha value is -0.930. The number of carbonyl (C=O) groups is 3. The molecule has 0 saturated carbocycles. The minimum Gasteiger partial charge on any atom is -0.480 e. The Bertz CT molecular complexity index is 394. The van der Waals surface area contributed by atoms with Gasteiger partial charge in [0.05, 0.1) is 6.04 Å². The molecule has 0 aromatic heterocycles. The summed E-state index contributed by atoms with van der Waals surface area (Å²) in [5, 5.41) is 11.5. The molecule has 2 amide bonds. The first-order valence-corrected chi connectivity index (χ1v) is 7.49. The van der Waals surface area contributed by atoms with Gasteiger partial charge in [-0.3, -0.25) is 9.59 Å². The summed E-state index contributed by atoms with van der Waals surface area (Å²) in [6, 6.07) is -2.53. The quantitative estimate of drug-likeness (QED) is 0.392. The van der Waals surface area contributed by atoms with Gasteiger partial charge >= 0.3 is 5.97 Å². The second-order valence-corrected chi connectivity index (χ2v) is 5.29. The van der Waals surface area contributed by atoms with Crippen LogP contribution in [0.2, 0.25) is 0 Å². The van der Waals surface area contributed by atoms with Gasteiger partial charge < -0.3 is 21.1 Å². The lowest BCUT2D eigenvalue weighted by Gasteiger charge is -2.27. The predicted octanol–water partition coefficient (Wildman–Crippen LogP) is -1.27. The molecule has 0 unspecified atom stereocenters. The number of carboxylic acid groups (broad SMARTS) is 1. The summed E-state index contributed by atoms with van der Waals surface area (Å²) in [6.07, 6.45) is 1.05. The Kier molecular flexibility index (Phi) is 6.63. The molecule has 0 radical (unpaired) electrons. The largest absolute Gasteiger partial charge is 0.480 e. The average Bonchev–Trinajstić information content (AvgIpc) is 2.92. The summed E-state index contributed by atoms with van der Waals surface area (Å²) >= 11 is 7.94. The van der Waals surface area contributed by atoms with E-state index in [1.165, 1.54) is 4.90 Å². The van der Waals surface area contributed by atoms with Gasteiger partial charge in [-0.2, -0.15) is 25.3 Å². The molecule has 114 valence electrons. The Morgan fingerprint density at radius 3 is 2.50 bits per heavy atom. The fraction of sp³-hybridized carbons (Fsp3) is 0.727. The van der Waals surface area contributed by atoms with Crippen LogP contribution in [0.15, 0.2) is 0 Å². The number of carbonyl (C=O) groups excluding carboxylic acids is 2. The van der Waals surface area contributed by atoms with Crippen LogP contribution in [0.1, 0.15) is 12.8 Å². The number of rotatable bonds is 6. The number of likely N-dealkylation sites (tertiary alicyclic amines) is 1. The van der Waals surface area contributed by atoms with Gasteiger partial charge in [0.15, 0.2) is 0 Å². The van der Waals surface area contributed by atoms with Crippen LogP contribution in [0, 0.1) is 0 Å². The van der Waals surface area contributed by atoms with E-state index >= 15 is 0 Å². The number of aliphatic carboxylic acids is 1. The van der Waals surface area contributed by atoms with Crippen molar-refractivity contribution < 1.29 is 19.5 Å². The van der Waals surface area contributed by atoms with E-state index in [9.17, 15) is 14.4 Å². The SMILES string of the molecule is N[C@@H](CS)C(=O)N[C@@H](CS)C(=O)N1CCC[C@@H]1C(=O)O. The number of amides is 2. The van der Waals surface area contributed by atoms with Gasteiger partial charge in [-0.1, -0.05) is 0 Å². The summed E-state index contributed by atoms with van der Waals surface area (Å²) in [6.45, 7) is 0.370. The van der Waals surface area contributed by atoms with E-state index in [1.54, 1.807) is 0 Å². The molecule has 1 saturated heterocycles. The Morgan fingerprint density at radius 1 is 1.35 bits per heavy atom. The van der Waals surface area contributed by atoms with Gasteiger partial charge in [0.1, 0.15) is 12.1 Å². The third kappa shape index (κ3) is 4.03. The Balaban J connectivity index is 2.72. The van der Waals surface area contributed by atoms with Crippen LogP contribution in [0.5, 0.6) is 0 Å². The molecule has 1 aliphatic heterocycles. The normalized spacial score (nSPS) is 21.4. The summed E-state index contributed by atoms with van der Waals surface area (Å²) in [4.78, 5) is 36.3. The molecule has 1 rings (SSSR count). The standard InChI is InChI=1S/C11H19N3O4S2/c12-6(4-19)9(15)13-7(5-20)10(16)14-3-1-2-8(14)11(17)18/h6-8,19-20H,1-5,12H2,(H,13,15)(H,17,18)/t6-,7-,8+/m0/s1. The molecule has 0 aromatic rings. The lowest BCUT2D eigenvalue weighted by molar-refractivity contribution is -0.149. The molecule has 7 nitrogen and oxygen atoms in total. The van der Waals surface area contributed by atoms with Gasteiger partial charge in [-0.25, -0.2) is 4.79 Å². The van der Waals surface area contributed by atoms with Crippen molar-refractivity contribution in [3.63, 3.8) is 0 Å². The highest BCUT2D eigenvalue weighted by Gasteiger charge is 2.37. The second kappa shape index (κ2) is 7.75. The van der Waals surface area contributed by atoms with Crippen LogP contribution in [0.4, 0.5) is 0 Å². The first-order chi connectivity index (χ1) is 9.42. The monoisotopic (exact) mass is 321 g/mol. The molecule has 4 N–H and O–H groups in total. The fourth-order valence-electron chi connectivity index (χ4n) is 2.03. The van der Waals surface area contributed by atoms with Gasteiger partial charge in [0.25, 0.3) is 0 Å². The van der Waals surface area contributed by atoms with Crippen molar-refractivity contribution >= 4 is 43.0 Å². The number of hydrogen-bond acceptors (Lipinski definition) is 6. The summed E-state index contributed by atoms with van der Waals surface area (Å²) in [5.41, 5.74) is 5.52. The summed E-state index contributed by atoms with van der Waals surface area (Å²) < 4.78 is 0. The third-order valence-corrected chi connectivity index (χ3v) is 3.91. The highest BCUT2D eigenvalue weighted by molar-refractivity contribution is 7.80. The number of nitrogens with two attached hydrogens (primary N) is 1. The molecule has 3 atom stereocenters. The van der Waals surface area contributed by atoms with Crippen molar-refractivity contribution in [2.45, 2.75) is 31.0 Å². The van der Waals surface area contributed by atoms with Crippen molar-refractivity contribution in [1.29, 1.82) is 0 Å². The fourth-order valence-corrected chi connectivity index (χ4v) is 2.45. The van der Waals surface area contributed by atoms with Crippen molar-refractivity contribution in [3.8, 4) is 0 Å². The zero-order valence-electron chi connectivity index (χ0n) is 10.9. The highest BCUT2D eigenvalue weighted by Crippen LogP contribution is 2.18. The van der Waals surface area contributed by atoms with Crippen LogP contribution in [-0.4, -0.2) is 64.0 Å². The third-order valence-electron chi connectivity index (χ3n) is 3.15. The number of nitrogens with zero attached hydrogens (tertiary/aromatic N) is 1. The van der Waals surface area contributed by atoms with E-state index in [2.05, 4.69) is 30.6 Å². The number of hydrogen-bond donors (Lipinski definition) is 5. The number of carboxylic acids is 1. The maximum atomic E-state index is 12.3. The molecule has 0 aliphatic carbocycles. The van der Waals surface area contributed by atoms with Gasteiger partial charge in [0, 0.05) is 18.1 Å². The van der Waals surface area contributed by atoms with Crippen molar-refractivity contribution in [2.75, 3.05) is 18.1 Å². The molecule has 1 aliphatic rings. The molecule has 1 heterocycles. The minimum atomic E-state index is -1.04. The number of thiol groups is 2. The molecule has 0 bridgehead atoms. The van der Waals surface area contributed by atoms with Crippen molar-refractivity contribution in [1.82, 2.24) is 10.2 Å². The predicted molar refractivity (Wildman–Crippen MR) is 80.0 cm³/mol. The lowest BCUT2D eigenvalue weighted by atomic mass is 10.2. The average molecular weight is 321 g/mol. The zero-order valence-corrected chi connectivity index (χ0v) is 12.6. The Morgan fingerprint density at radius 2 is 2.00 bits per heavy atom.